The molecule has 4 rings (SSSR count). The van der Waals surface area contributed by atoms with E-state index in [4.69, 9.17) is 0 Å². The first kappa shape index (κ1) is 21.0. The summed E-state index contributed by atoms with van der Waals surface area (Å²) >= 11 is 1.29. The lowest BCUT2D eigenvalue weighted by atomic mass is 10.1. The molecular formula is C23H21N3O3S2. The molecule has 0 fully saturated rings. The molecule has 4 aromatic rings. The maximum absolute atomic E-state index is 12.7. The second-order valence-corrected chi connectivity index (χ2v) is 9.73. The lowest BCUT2D eigenvalue weighted by Crippen LogP contribution is -2.12. The van der Waals surface area contributed by atoms with Gasteiger partial charge < -0.3 is 0 Å². The zero-order valence-corrected chi connectivity index (χ0v) is 18.5. The number of hydrogen-bond acceptors (Lipinski definition) is 5. The molecule has 0 saturated heterocycles. The Morgan fingerprint density at radius 2 is 1.74 bits per heavy atom. The Hall–Kier alpha value is -3.23. The van der Waals surface area contributed by atoms with Gasteiger partial charge in [-0.2, -0.15) is 0 Å². The first-order chi connectivity index (χ1) is 14.9. The van der Waals surface area contributed by atoms with E-state index >= 15 is 0 Å². The van der Waals surface area contributed by atoms with Gasteiger partial charge in [-0.3, -0.25) is 14.8 Å². The molecule has 8 heteroatoms. The number of benzene rings is 3. The fourth-order valence-electron chi connectivity index (χ4n) is 3.14. The van der Waals surface area contributed by atoms with Crippen LogP contribution in [0.1, 0.15) is 29.3 Å². The van der Waals surface area contributed by atoms with Crippen molar-refractivity contribution in [3.8, 4) is 0 Å². The van der Waals surface area contributed by atoms with Crippen molar-refractivity contribution in [3.05, 3.63) is 83.9 Å². The number of carbonyl (C=O) groups excluding carboxylic acids is 1. The van der Waals surface area contributed by atoms with E-state index in [9.17, 15) is 13.2 Å². The Bertz CT molecular complexity index is 1320. The summed E-state index contributed by atoms with van der Waals surface area (Å²) in [6, 6.07) is 20.9. The summed E-state index contributed by atoms with van der Waals surface area (Å²) in [5, 5.41) is 3.24. The van der Waals surface area contributed by atoms with Gasteiger partial charge in [0.25, 0.3) is 15.9 Å². The molecule has 31 heavy (non-hydrogen) atoms. The fraction of sp³-hybridized carbons (Fsp3) is 0.130. The van der Waals surface area contributed by atoms with Crippen LogP contribution < -0.4 is 10.0 Å². The van der Waals surface area contributed by atoms with E-state index in [1.807, 2.05) is 18.2 Å². The number of nitrogens with zero attached hydrogens (tertiary/aromatic N) is 1. The molecule has 1 aromatic heterocycles. The average Bonchev–Trinajstić information content (AvgIpc) is 3.16. The number of anilines is 2. The summed E-state index contributed by atoms with van der Waals surface area (Å²) in [5.41, 5.74) is 2.77. The van der Waals surface area contributed by atoms with Crippen LogP contribution in [0.25, 0.3) is 10.2 Å². The van der Waals surface area contributed by atoms with Crippen LogP contribution in [-0.4, -0.2) is 19.3 Å². The number of sulfonamides is 1. The molecule has 0 spiro atoms. The van der Waals surface area contributed by atoms with Crippen LogP contribution in [0.4, 0.5) is 10.8 Å². The quantitative estimate of drug-likeness (QED) is 0.399. The van der Waals surface area contributed by atoms with Crippen molar-refractivity contribution in [2.45, 2.75) is 24.7 Å². The number of fused-ring (bicyclic) bond motifs is 1. The zero-order valence-electron chi connectivity index (χ0n) is 16.8. The zero-order chi connectivity index (χ0) is 21.8. The maximum atomic E-state index is 12.7. The second-order valence-electron chi connectivity index (χ2n) is 7.02. The topological polar surface area (TPSA) is 88.2 Å². The van der Waals surface area contributed by atoms with Gasteiger partial charge in [0.1, 0.15) is 0 Å². The van der Waals surface area contributed by atoms with Crippen LogP contribution in [0.15, 0.2) is 77.7 Å². The summed E-state index contributed by atoms with van der Waals surface area (Å²) in [7, 11) is -3.70. The maximum Gasteiger partial charge on any atom is 0.261 e. The third-order valence-electron chi connectivity index (χ3n) is 4.67. The van der Waals surface area contributed by atoms with Crippen molar-refractivity contribution in [3.63, 3.8) is 0 Å². The predicted molar refractivity (Wildman–Crippen MR) is 125 cm³/mol. The van der Waals surface area contributed by atoms with Crippen LogP contribution in [0, 0.1) is 0 Å². The lowest BCUT2D eigenvalue weighted by Gasteiger charge is -2.08. The highest BCUT2D eigenvalue weighted by molar-refractivity contribution is 7.92. The van der Waals surface area contributed by atoms with Crippen LogP contribution in [0.3, 0.4) is 0 Å². The number of aromatic nitrogens is 1. The van der Waals surface area contributed by atoms with Crippen molar-refractivity contribution >= 4 is 48.3 Å². The monoisotopic (exact) mass is 451 g/mol. The summed E-state index contributed by atoms with van der Waals surface area (Å²) in [5.74, 6) is -0.243. The van der Waals surface area contributed by atoms with Gasteiger partial charge in [-0.05, 0) is 54.4 Å². The summed E-state index contributed by atoms with van der Waals surface area (Å²) in [6.07, 6.45) is 1.92. The van der Waals surface area contributed by atoms with Crippen molar-refractivity contribution in [1.82, 2.24) is 4.98 Å². The molecule has 6 nitrogen and oxygen atoms in total. The average molecular weight is 452 g/mol. The third kappa shape index (κ3) is 4.92. The molecule has 3 aromatic carbocycles. The van der Waals surface area contributed by atoms with E-state index in [2.05, 4.69) is 21.9 Å². The molecule has 0 aliphatic rings. The normalized spacial score (nSPS) is 11.4. The van der Waals surface area contributed by atoms with Gasteiger partial charge >= 0.3 is 0 Å². The van der Waals surface area contributed by atoms with Crippen molar-refractivity contribution in [2.24, 2.45) is 0 Å². The Morgan fingerprint density at radius 1 is 1.00 bits per heavy atom. The standard InChI is InChI=1S/C23H21N3O3S2/c1-2-6-16-9-12-19(13-10-16)31(28,29)26-18-11-14-20-21(15-18)30-23(24-20)25-22(27)17-7-4-3-5-8-17/h3-5,7-15,26H,2,6H2,1H3,(H,24,25,27). The Kier molecular flexibility index (Phi) is 6.01. The third-order valence-corrected chi connectivity index (χ3v) is 7.00. The van der Waals surface area contributed by atoms with Crippen molar-refractivity contribution in [1.29, 1.82) is 0 Å². The van der Waals surface area contributed by atoms with Crippen LogP contribution >= 0.6 is 11.3 Å². The number of amides is 1. The van der Waals surface area contributed by atoms with Crippen molar-refractivity contribution in [2.75, 3.05) is 10.0 Å². The first-order valence-electron chi connectivity index (χ1n) is 9.83. The lowest BCUT2D eigenvalue weighted by molar-refractivity contribution is 0.102. The number of nitrogens with one attached hydrogen (secondary N) is 2. The molecule has 0 aliphatic heterocycles. The number of aryl methyl sites for hydroxylation is 1. The van der Waals surface area contributed by atoms with Gasteiger partial charge in [-0.25, -0.2) is 13.4 Å². The molecule has 0 bridgehead atoms. The van der Waals surface area contributed by atoms with E-state index in [1.165, 1.54) is 11.3 Å². The van der Waals surface area contributed by atoms with Gasteiger partial charge in [0, 0.05) is 5.56 Å². The highest BCUT2D eigenvalue weighted by Gasteiger charge is 2.15. The first-order valence-corrected chi connectivity index (χ1v) is 12.1. The van der Waals surface area contributed by atoms with E-state index < -0.39 is 10.0 Å². The van der Waals surface area contributed by atoms with E-state index in [1.54, 1.807) is 54.6 Å². The van der Waals surface area contributed by atoms with Crippen LogP contribution in [-0.2, 0) is 16.4 Å². The molecule has 2 N–H and O–H groups in total. The van der Waals surface area contributed by atoms with Crippen LogP contribution in [0.5, 0.6) is 0 Å². The Morgan fingerprint density at radius 3 is 2.45 bits per heavy atom. The molecule has 1 heterocycles. The molecular weight excluding hydrogens is 430 g/mol. The molecule has 0 aliphatic carbocycles. The summed E-state index contributed by atoms with van der Waals surface area (Å²) < 4.78 is 28.9. The number of rotatable bonds is 7. The predicted octanol–water partition coefficient (Wildman–Crippen LogP) is 5.30. The molecule has 158 valence electrons. The smallest absolute Gasteiger partial charge is 0.261 e. The number of hydrogen-bond donors (Lipinski definition) is 2. The largest absolute Gasteiger partial charge is 0.298 e. The molecule has 0 unspecified atom stereocenters. The second kappa shape index (κ2) is 8.87. The highest BCUT2D eigenvalue weighted by atomic mass is 32.2. The van der Waals surface area contributed by atoms with Gasteiger partial charge in [0.15, 0.2) is 5.13 Å². The van der Waals surface area contributed by atoms with Gasteiger partial charge in [0.05, 0.1) is 20.8 Å². The molecule has 0 atom stereocenters. The Balaban J connectivity index is 1.52. The number of carbonyl (C=O) groups is 1. The summed E-state index contributed by atoms with van der Waals surface area (Å²) in [6.45, 7) is 2.08. The van der Waals surface area contributed by atoms with Gasteiger partial charge in [-0.1, -0.05) is 55.0 Å². The minimum absolute atomic E-state index is 0.215. The highest BCUT2D eigenvalue weighted by Crippen LogP contribution is 2.29. The molecule has 0 radical (unpaired) electrons. The van der Waals surface area contributed by atoms with E-state index in [0.717, 1.165) is 23.1 Å². The Labute approximate surface area is 185 Å². The van der Waals surface area contributed by atoms with E-state index in [0.29, 0.717) is 21.9 Å². The van der Waals surface area contributed by atoms with Crippen LogP contribution in [0.2, 0.25) is 0 Å². The molecule has 0 saturated carbocycles. The summed E-state index contributed by atoms with van der Waals surface area (Å²) in [4.78, 5) is 17.0. The van der Waals surface area contributed by atoms with Gasteiger partial charge in [-0.15, -0.1) is 0 Å². The molecule has 1 amide bonds. The van der Waals surface area contributed by atoms with Gasteiger partial charge in [0.2, 0.25) is 0 Å². The van der Waals surface area contributed by atoms with E-state index in [-0.39, 0.29) is 10.8 Å². The fourth-order valence-corrected chi connectivity index (χ4v) is 5.09. The minimum Gasteiger partial charge on any atom is -0.298 e. The van der Waals surface area contributed by atoms with Crippen molar-refractivity contribution < 1.29 is 13.2 Å². The number of thiazole rings is 1. The minimum atomic E-state index is -3.70. The SMILES string of the molecule is CCCc1ccc(S(=O)(=O)Nc2ccc3nc(NC(=O)c4ccccc4)sc3c2)cc1.